The third kappa shape index (κ3) is 7.94. The van der Waals surface area contributed by atoms with Gasteiger partial charge >= 0.3 is 5.97 Å². The van der Waals surface area contributed by atoms with Crippen LogP contribution in [0.25, 0.3) is 0 Å². The molecule has 4 rings (SSSR count). The molecular formula is C24H40O22S. The minimum Gasteiger partial charge on any atom is -0.479 e. The maximum atomic E-state index is 12.2. The first-order valence-corrected chi connectivity index (χ1v) is 15.5. The number of aliphatic hydroxyl groups excluding tert-OH is 9. The Morgan fingerprint density at radius 3 is 1.70 bits per heavy atom. The Balaban J connectivity index is 1.67. The molecule has 0 spiro atoms. The summed E-state index contributed by atoms with van der Waals surface area (Å²) in [5, 5.41) is 115. The number of hydrogen-bond donors (Lipinski definition) is 11. The summed E-state index contributed by atoms with van der Waals surface area (Å²) in [6, 6.07) is 0. The summed E-state index contributed by atoms with van der Waals surface area (Å²) >= 11 is -2.57. The quantitative estimate of drug-likeness (QED) is 0.0741. The van der Waals surface area contributed by atoms with Crippen molar-refractivity contribution in [1.29, 1.82) is 0 Å². The number of aliphatic carboxylic acids is 1. The van der Waals surface area contributed by atoms with Gasteiger partial charge in [0, 0.05) is 0 Å². The Morgan fingerprint density at radius 1 is 0.574 bits per heavy atom. The summed E-state index contributed by atoms with van der Waals surface area (Å²) in [5.74, 6) is -1.76. The molecule has 23 heteroatoms. The number of ether oxygens (including phenoxy) is 7. The third-order valence-electron chi connectivity index (χ3n) is 8.34. The SMILES string of the molecule is CC1O[C@@H](O[C@@H]2C(O)[C@H](O)OC(C)[C@H]2O)C(O[C@H]2OC(C(=O)O)[C@@H](O)[C@@H](O)C2O)[C@@H](O[C@@H]2OC(C)[C@@H](S(=O)OOO)[C@H](O)C2O)[C@@H]1O. The van der Waals surface area contributed by atoms with Crippen molar-refractivity contribution in [2.24, 2.45) is 0 Å². The summed E-state index contributed by atoms with van der Waals surface area (Å²) in [4.78, 5) is 11.7. The van der Waals surface area contributed by atoms with Crippen LogP contribution in [0.15, 0.2) is 0 Å². The van der Waals surface area contributed by atoms with Crippen molar-refractivity contribution >= 4 is 17.0 Å². The highest BCUT2D eigenvalue weighted by molar-refractivity contribution is 7.80. The second kappa shape index (κ2) is 15.8. The summed E-state index contributed by atoms with van der Waals surface area (Å²) in [6.45, 7) is 3.94. The summed E-state index contributed by atoms with van der Waals surface area (Å²) in [6.07, 6.45) is -34.4. The topological polar surface area (TPSA) is 340 Å². The normalized spacial score (nSPS) is 51.8. The predicted octanol–water partition coefficient (Wildman–Crippen LogP) is -6.48. The van der Waals surface area contributed by atoms with E-state index < -0.39 is 139 Å². The zero-order valence-corrected chi connectivity index (χ0v) is 25.7. The molecule has 0 aromatic carbocycles. The molecule has 0 radical (unpaired) electrons. The molecule has 47 heavy (non-hydrogen) atoms. The Hall–Kier alpha value is -1.14. The van der Waals surface area contributed by atoms with Crippen LogP contribution in [-0.4, -0.2) is 188 Å². The Bertz CT molecular complexity index is 1060. The fourth-order valence-corrected chi connectivity index (χ4v) is 6.57. The van der Waals surface area contributed by atoms with Gasteiger partial charge in [-0.25, -0.2) is 14.3 Å². The van der Waals surface area contributed by atoms with Gasteiger partial charge in [-0.05, 0) is 20.8 Å². The Morgan fingerprint density at radius 2 is 1.09 bits per heavy atom. The zero-order chi connectivity index (χ0) is 35.1. The van der Waals surface area contributed by atoms with Gasteiger partial charge in [-0.3, -0.25) is 0 Å². The molecule has 0 aromatic heterocycles. The standard InChI is InChI=1S/C24H40O22S/c1-4-7(25)15(14(32)21(35)38-4)41-24-18(44-23-12(30)9(27)10(28)17(43-23)20(33)34)16(8(26)5(2)39-24)42-22-13(31)11(29)19(6(3)40-22)47(37)46-45-36/h4-19,21-32,35-36H,1-3H3,(H,33,34)/t4?,5?,6?,7-,8-,9-,10+,11-,12?,13?,14?,15+,16+,17?,18?,19-,21-,22+,23-,24+,47?/m1/s1. The van der Waals surface area contributed by atoms with Gasteiger partial charge in [-0.1, -0.05) is 5.04 Å². The molecule has 21 atom stereocenters. The maximum absolute atomic E-state index is 12.2. The van der Waals surface area contributed by atoms with E-state index in [0.717, 1.165) is 0 Å². The van der Waals surface area contributed by atoms with E-state index in [1.807, 2.05) is 0 Å². The van der Waals surface area contributed by atoms with Gasteiger partial charge in [-0.2, -0.15) is 0 Å². The second-order valence-electron chi connectivity index (χ2n) is 11.5. The molecule has 9 unspecified atom stereocenters. The Labute approximate surface area is 267 Å². The van der Waals surface area contributed by atoms with Gasteiger partial charge in [0.15, 0.2) is 42.3 Å². The number of hydrogen-bond acceptors (Lipinski definition) is 21. The van der Waals surface area contributed by atoms with Crippen LogP contribution in [0.1, 0.15) is 20.8 Å². The predicted molar refractivity (Wildman–Crippen MR) is 141 cm³/mol. The minimum atomic E-state index is -2.57. The van der Waals surface area contributed by atoms with E-state index in [9.17, 15) is 60.1 Å². The first-order valence-electron chi connectivity index (χ1n) is 14.3. The van der Waals surface area contributed by atoms with Crippen LogP contribution in [0.2, 0.25) is 0 Å². The van der Waals surface area contributed by atoms with E-state index in [4.69, 9.17) is 38.4 Å². The fourth-order valence-electron chi connectivity index (χ4n) is 5.66. The second-order valence-corrected chi connectivity index (χ2v) is 12.7. The van der Waals surface area contributed by atoms with Crippen molar-refractivity contribution < 1.29 is 108 Å². The van der Waals surface area contributed by atoms with Crippen molar-refractivity contribution in [3.63, 3.8) is 0 Å². The van der Waals surface area contributed by atoms with Crippen LogP contribution < -0.4 is 0 Å². The fraction of sp³-hybridized carbons (Fsp3) is 0.958. The van der Waals surface area contributed by atoms with Crippen LogP contribution in [0, 0.1) is 0 Å². The first-order chi connectivity index (χ1) is 22.0. The zero-order valence-electron chi connectivity index (χ0n) is 24.9. The van der Waals surface area contributed by atoms with Gasteiger partial charge in [0.25, 0.3) is 0 Å². The van der Waals surface area contributed by atoms with E-state index in [1.54, 1.807) is 0 Å². The van der Waals surface area contributed by atoms with Gasteiger partial charge < -0.3 is 84.2 Å². The smallest absolute Gasteiger partial charge is 0.335 e. The highest BCUT2D eigenvalue weighted by Gasteiger charge is 2.56. The molecule has 0 aromatic rings. The maximum Gasteiger partial charge on any atom is 0.335 e. The van der Waals surface area contributed by atoms with Crippen LogP contribution in [0.3, 0.4) is 0 Å². The Kier molecular flexibility index (Phi) is 13.0. The molecule has 0 amide bonds. The van der Waals surface area contributed by atoms with Crippen molar-refractivity contribution in [1.82, 2.24) is 0 Å². The van der Waals surface area contributed by atoms with Crippen LogP contribution in [0.4, 0.5) is 0 Å². The molecule has 4 fully saturated rings. The van der Waals surface area contributed by atoms with Gasteiger partial charge in [-0.15, -0.1) is 4.33 Å². The highest BCUT2D eigenvalue weighted by atomic mass is 32.2. The summed E-state index contributed by atoms with van der Waals surface area (Å²) in [5.41, 5.74) is 0. The van der Waals surface area contributed by atoms with Gasteiger partial charge in [0.2, 0.25) is 0 Å². The lowest BCUT2D eigenvalue weighted by Crippen LogP contribution is -2.68. The number of carbonyl (C=O) groups is 1. The molecule has 0 bridgehead atoms. The molecule has 0 aliphatic carbocycles. The van der Waals surface area contributed by atoms with Crippen molar-refractivity contribution in [2.75, 3.05) is 0 Å². The number of carboxylic acids is 1. The lowest BCUT2D eigenvalue weighted by molar-refractivity contribution is -0.435. The monoisotopic (exact) mass is 712 g/mol. The van der Waals surface area contributed by atoms with E-state index >= 15 is 0 Å². The number of carboxylic acid groups (broad SMARTS) is 1. The number of aliphatic hydroxyl groups is 9. The van der Waals surface area contributed by atoms with Crippen LogP contribution in [-0.2, 0) is 58.4 Å². The lowest BCUT2D eigenvalue weighted by Gasteiger charge is -2.50. The largest absolute Gasteiger partial charge is 0.479 e. The van der Waals surface area contributed by atoms with E-state index in [2.05, 4.69) is 9.37 Å². The average molecular weight is 713 g/mol. The van der Waals surface area contributed by atoms with Gasteiger partial charge in [0.05, 0.1) is 18.3 Å². The highest BCUT2D eigenvalue weighted by Crippen LogP contribution is 2.36. The minimum absolute atomic E-state index is 1.10. The first kappa shape index (κ1) is 38.7. The molecule has 4 saturated heterocycles. The van der Waals surface area contributed by atoms with Crippen LogP contribution >= 0.6 is 0 Å². The molecule has 274 valence electrons. The van der Waals surface area contributed by atoms with E-state index in [1.165, 1.54) is 20.8 Å². The van der Waals surface area contributed by atoms with E-state index in [0.29, 0.717) is 0 Å². The molecule has 4 aliphatic heterocycles. The molecular weight excluding hydrogens is 672 g/mol. The van der Waals surface area contributed by atoms with Crippen molar-refractivity contribution in [2.45, 2.75) is 143 Å². The van der Waals surface area contributed by atoms with E-state index in [-0.39, 0.29) is 0 Å². The molecule has 4 heterocycles. The summed E-state index contributed by atoms with van der Waals surface area (Å²) in [7, 11) is 0. The average Bonchev–Trinajstić information content (AvgIpc) is 3.00. The summed E-state index contributed by atoms with van der Waals surface area (Å²) < 4.78 is 55.3. The lowest BCUT2D eigenvalue weighted by atomic mass is 9.96. The molecule has 4 aliphatic rings. The molecule has 0 saturated carbocycles. The van der Waals surface area contributed by atoms with Crippen molar-refractivity contribution in [3.05, 3.63) is 0 Å². The van der Waals surface area contributed by atoms with Crippen molar-refractivity contribution in [3.8, 4) is 0 Å². The molecule has 11 N–H and O–H groups in total. The third-order valence-corrected chi connectivity index (χ3v) is 9.64. The van der Waals surface area contributed by atoms with Gasteiger partial charge in [0.1, 0.15) is 72.4 Å². The van der Waals surface area contributed by atoms with Crippen LogP contribution in [0.5, 0.6) is 0 Å². The molecule has 22 nitrogen and oxygen atoms in total. The number of rotatable bonds is 10.